The molecule has 1 nitrogen and oxygen atoms in total. The number of rotatable bonds is 18. The Kier molecular flexibility index (Phi) is 17.7. The maximum Gasteiger partial charge on any atom is 0.0340 e. The highest BCUT2D eigenvalue weighted by atomic mass is 32.2. The van der Waals surface area contributed by atoms with E-state index in [9.17, 15) is 0 Å². The molecule has 0 aromatic heterocycles. The average Bonchev–Trinajstić information content (AvgIpc) is 3.26. The Morgan fingerprint density at radius 3 is 2.24 bits per heavy atom. The highest BCUT2D eigenvalue weighted by Gasteiger charge is 2.21. The summed E-state index contributed by atoms with van der Waals surface area (Å²) < 4.78 is 0. The molecule has 0 aromatic rings. The molecule has 256 valence electrons. The Hall–Kier alpha value is -1.93. The Morgan fingerprint density at radius 2 is 1.48 bits per heavy atom. The van der Waals surface area contributed by atoms with E-state index in [1.807, 2.05) is 0 Å². The van der Waals surface area contributed by atoms with Crippen molar-refractivity contribution in [2.75, 3.05) is 12.3 Å². The monoisotopic (exact) mass is 644 g/mol. The van der Waals surface area contributed by atoms with E-state index in [1.165, 1.54) is 125 Å². The lowest BCUT2D eigenvalue weighted by Crippen LogP contribution is -2.14. The fourth-order valence-corrected chi connectivity index (χ4v) is 8.12. The highest BCUT2D eigenvalue weighted by Crippen LogP contribution is 2.36. The van der Waals surface area contributed by atoms with Crippen molar-refractivity contribution in [3.63, 3.8) is 0 Å². The molecule has 1 saturated carbocycles. The van der Waals surface area contributed by atoms with Gasteiger partial charge in [-0.25, -0.2) is 0 Å². The molecule has 0 aliphatic heterocycles. The average molecular weight is 644 g/mol. The maximum atomic E-state index is 3.59. The summed E-state index contributed by atoms with van der Waals surface area (Å²) in [5, 5.41) is 4.44. The largest absolute Gasteiger partial charge is 0.385 e. The Bertz CT molecular complexity index is 1120. The summed E-state index contributed by atoms with van der Waals surface area (Å²) in [5.74, 6) is 2.04. The van der Waals surface area contributed by atoms with E-state index in [0.717, 1.165) is 23.5 Å². The van der Waals surface area contributed by atoms with Gasteiger partial charge in [-0.05, 0) is 84.1 Å². The zero-order valence-electron chi connectivity index (χ0n) is 30.7. The van der Waals surface area contributed by atoms with Crippen LogP contribution in [0.25, 0.3) is 0 Å². The van der Waals surface area contributed by atoms with Crippen molar-refractivity contribution < 1.29 is 0 Å². The number of hydrogen-bond acceptors (Lipinski definition) is 2. The summed E-state index contributed by atoms with van der Waals surface area (Å²) in [6.07, 6.45) is 48.7. The standard InChI is InChI=1S/C44H69NS/c1-7-37(22-14-13-19-33-45-41-26-15-9-8-10-16-27-41)24-21-31-44(5,6)32-30-38-23-20-25-40(43(2,3)4)35-39(34-38)36-46-42-28-17-11-12-18-29-42/h8-10,15-16,20,23,25-27,34-35,37,42,45H,7,11-14,17-19,21-22,24,28-33,36H2,1-6H3/b9-8-,10-8?,15-9?,16-10-,23-20-,25-20?,26-15-,27-16?,38-23?,38-34+,39-34?,39-35+,40-25+,40-35?,41-26?,41-27+. The normalized spacial score (nSPS) is 26.1. The molecule has 1 atom stereocenters. The lowest BCUT2D eigenvalue weighted by molar-refractivity contribution is 0.279. The summed E-state index contributed by atoms with van der Waals surface area (Å²) in [5.41, 5.74) is 6.26. The number of allylic oxidation sites excluding steroid dienone is 14. The van der Waals surface area contributed by atoms with Crippen LogP contribution in [0.15, 0.2) is 95.3 Å². The van der Waals surface area contributed by atoms with Crippen LogP contribution in [0.4, 0.5) is 0 Å². The molecule has 0 radical (unpaired) electrons. The zero-order valence-corrected chi connectivity index (χ0v) is 31.5. The first kappa shape index (κ1) is 38.5. The molecule has 0 aromatic carbocycles. The first-order chi connectivity index (χ1) is 22.1. The summed E-state index contributed by atoms with van der Waals surface area (Å²) >= 11 is 2.23. The molecule has 3 aliphatic rings. The van der Waals surface area contributed by atoms with Gasteiger partial charge in [0.1, 0.15) is 0 Å². The smallest absolute Gasteiger partial charge is 0.0340 e. The molecule has 0 saturated heterocycles. The minimum Gasteiger partial charge on any atom is -0.385 e. The van der Waals surface area contributed by atoms with Gasteiger partial charge in [0.2, 0.25) is 0 Å². The summed E-state index contributed by atoms with van der Waals surface area (Å²) in [7, 11) is 0. The van der Waals surface area contributed by atoms with Crippen LogP contribution in [-0.2, 0) is 0 Å². The number of nitrogens with one attached hydrogen (secondary N) is 1. The second kappa shape index (κ2) is 21.1. The van der Waals surface area contributed by atoms with E-state index in [4.69, 9.17) is 0 Å². The minimum absolute atomic E-state index is 0.170. The molecular weight excluding hydrogens is 575 g/mol. The van der Waals surface area contributed by atoms with Gasteiger partial charge < -0.3 is 5.32 Å². The second-order valence-corrected chi connectivity index (χ2v) is 17.2. The van der Waals surface area contributed by atoms with E-state index < -0.39 is 0 Å². The Labute approximate surface area is 290 Å². The highest BCUT2D eigenvalue weighted by molar-refractivity contribution is 8.00. The second-order valence-electron chi connectivity index (χ2n) is 16.0. The van der Waals surface area contributed by atoms with Crippen LogP contribution in [0.5, 0.6) is 0 Å². The molecule has 0 spiro atoms. The van der Waals surface area contributed by atoms with Crippen LogP contribution in [0.2, 0.25) is 0 Å². The predicted molar refractivity (Wildman–Crippen MR) is 209 cm³/mol. The van der Waals surface area contributed by atoms with Crippen molar-refractivity contribution in [1.29, 1.82) is 0 Å². The van der Waals surface area contributed by atoms with Crippen LogP contribution in [0.3, 0.4) is 0 Å². The van der Waals surface area contributed by atoms with Crippen LogP contribution >= 0.6 is 11.8 Å². The van der Waals surface area contributed by atoms with Crippen LogP contribution in [-0.4, -0.2) is 17.5 Å². The third-order valence-electron chi connectivity index (χ3n) is 10.2. The van der Waals surface area contributed by atoms with Gasteiger partial charge in [-0.1, -0.05) is 167 Å². The van der Waals surface area contributed by atoms with Crippen molar-refractivity contribution in [3.05, 3.63) is 95.3 Å². The molecule has 1 fully saturated rings. The van der Waals surface area contributed by atoms with Gasteiger partial charge in [0.15, 0.2) is 0 Å². The molecule has 3 rings (SSSR count). The molecule has 1 N–H and O–H groups in total. The topological polar surface area (TPSA) is 12.0 Å². The van der Waals surface area contributed by atoms with Gasteiger partial charge in [-0.2, -0.15) is 11.8 Å². The van der Waals surface area contributed by atoms with E-state index in [0.29, 0.717) is 5.41 Å². The Morgan fingerprint density at radius 1 is 0.739 bits per heavy atom. The molecular formula is C44H69NS. The molecule has 1 unspecified atom stereocenters. The summed E-state index contributed by atoms with van der Waals surface area (Å²) in [6.45, 7) is 15.5. The van der Waals surface area contributed by atoms with Gasteiger partial charge >= 0.3 is 0 Å². The van der Waals surface area contributed by atoms with Crippen molar-refractivity contribution in [2.45, 2.75) is 150 Å². The van der Waals surface area contributed by atoms with Crippen molar-refractivity contribution in [2.24, 2.45) is 16.7 Å². The number of unbranched alkanes of at least 4 members (excludes halogenated alkanes) is 2. The molecule has 0 heterocycles. The Balaban J connectivity index is 1.41. The first-order valence-electron chi connectivity index (χ1n) is 19.0. The van der Waals surface area contributed by atoms with Crippen molar-refractivity contribution in [1.82, 2.24) is 5.32 Å². The van der Waals surface area contributed by atoms with Crippen molar-refractivity contribution >= 4 is 11.8 Å². The van der Waals surface area contributed by atoms with Crippen LogP contribution in [0, 0.1) is 16.7 Å². The minimum atomic E-state index is 0.170. The molecule has 3 aliphatic carbocycles. The van der Waals surface area contributed by atoms with Gasteiger partial charge in [-0.3, -0.25) is 0 Å². The zero-order chi connectivity index (χ0) is 33.1. The summed E-state index contributed by atoms with van der Waals surface area (Å²) in [6, 6.07) is 0. The number of hydrogen-bond donors (Lipinski definition) is 1. The van der Waals surface area contributed by atoms with Gasteiger partial charge in [0.05, 0.1) is 0 Å². The van der Waals surface area contributed by atoms with Gasteiger partial charge in [0.25, 0.3) is 0 Å². The third kappa shape index (κ3) is 16.3. The van der Waals surface area contributed by atoms with Crippen LogP contribution in [0.1, 0.15) is 144 Å². The fraction of sp³-hybridized carbons (Fsp3) is 0.636. The van der Waals surface area contributed by atoms with Gasteiger partial charge in [-0.15, -0.1) is 0 Å². The lowest BCUT2D eigenvalue weighted by Gasteiger charge is -2.26. The predicted octanol–water partition coefficient (Wildman–Crippen LogP) is 13.6. The fourth-order valence-electron chi connectivity index (χ4n) is 6.86. The van der Waals surface area contributed by atoms with Gasteiger partial charge in [0, 0.05) is 23.2 Å². The molecule has 2 heteroatoms. The van der Waals surface area contributed by atoms with E-state index in [-0.39, 0.29) is 5.41 Å². The lowest BCUT2D eigenvalue weighted by atomic mass is 9.79. The van der Waals surface area contributed by atoms with E-state index in [1.54, 1.807) is 0 Å². The quantitative estimate of drug-likeness (QED) is 0.118. The summed E-state index contributed by atoms with van der Waals surface area (Å²) in [4.78, 5) is 0. The van der Waals surface area contributed by atoms with E-state index >= 15 is 0 Å². The number of thioether (sulfide) groups is 1. The third-order valence-corrected chi connectivity index (χ3v) is 11.6. The maximum absolute atomic E-state index is 3.59. The molecule has 0 amide bonds. The molecule has 0 bridgehead atoms. The van der Waals surface area contributed by atoms with E-state index in [2.05, 4.69) is 132 Å². The first-order valence-corrected chi connectivity index (χ1v) is 20.1. The molecule has 46 heavy (non-hydrogen) atoms. The van der Waals surface area contributed by atoms with Crippen molar-refractivity contribution in [3.8, 4) is 0 Å². The van der Waals surface area contributed by atoms with Crippen LogP contribution < -0.4 is 5.32 Å². The SMILES string of the molecule is CCC(CCCCCNC1=C/C=C\C=C/C=C\1)CCCC(C)(C)CCC1=C/C(CSC2CCCCCC2)=C\C(C(C)(C)C)=C/C=C\1.